The first-order valence-electron chi connectivity index (χ1n) is 5.66. The molecule has 0 saturated carbocycles. The van der Waals surface area contributed by atoms with Gasteiger partial charge in [-0.05, 0) is 25.5 Å². The number of benzene rings is 2. The Morgan fingerprint density at radius 2 is 1.67 bits per heavy atom. The average molecular weight is 241 g/mol. The molecule has 3 N–H and O–H groups in total. The minimum Gasteiger partial charge on any atom is -0.457 e. The van der Waals surface area contributed by atoms with Gasteiger partial charge in [0.1, 0.15) is 11.5 Å². The molecule has 94 valence electrons. The lowest BCUT2D eigenvalue weighted by Gasteiger charge is -2.11. The Bertz CT molecular complexity index is 532. The first-order valence-corrected chi connectivity index (χ1v) is 5.66. The third-order valence-electron chi connectivity index (χ3n) is 2.66. The molecule has 0 spiro atoms. The summed E-state index contributed by atoms with van der Waals surface area (Å²) in [5, 5.41) is 0. The Kier molecular flexibility index (Phi) is 4.69. The summed E-state index contributed by atoms with van der Waals surface area (Å²) in [6.45, 7) is 8.08. The fourth-order valence-electron chi connectivity index (χ4n) is 1.73. The fraction of sp³-hybridized carbons (Fsp3) is 0.125. The summed E-state index contributed by atoms with van der Waals surface area (Å²) in [6.07, 6.45) is 0. The quantitative estimate of drug-likeness (QED) is 0.803. The van der Waals surface area contributed by atoms with Crippen LogP contribution in [-0.4, -0.2) is 0 Å². The van der Waals surface area contributed by atoms with Crippen molar-refractivity contribution in [3.63, 3.8) is 0 Å². The zero-order valence-electron chi connectivity index (χ0n) is 10.9. The van der Waals surface area contributed by atoms with Crippen LogP contribution < -0.4 is 10.9 Å². The second kappa shape index (κ2) is 6.03. The van der Waals surface area contributed by atoms with Gasteiger partial charge >= 0.3 is 0 Å². The first-order chi connectivity index (χ1) is 8.16. The van der Waals surface area contributed by atoms with E-state index in [0.29, 0.717) is 5.76 Å². The third-order valence-corrected chi connectivity index (χ3v) is 2.66. The van der Waals surface area contributed by atoms with Crippen molar-refractivity contribution in [1.82, 2.24) is 6.15 Å². The molecule has 0 aliphatic heterocycles. The summed E-state index contributed by atoms with van der Waals surface area (Å²) in [5.41, 5.74) is 3.37. The van der Waals surface area contributed by atoms with Crippen molar-refractivity contribution >= 4 is 5.76 Å². The van der Waals surface area contributed by atoms with E-state index in [4.69, 9.17) is 4.74 Å². The number of ether oxygens (including phenoxy) is 1. The molecular formula is C16H19NO. The van der Waals surface area contributed by atoms with E-state index >= 15 is 0 Å². The predicted molar refractivity (Wildman–Crippen MR) is 77.0 cm³/mol. The Balaban J connectivity index is 0.00000162. The molecule has 2 nitrogen and oxygen atoms in total. The molecule has 0 bridgehead atoms. The minimum atomic E-state index is 0. The molecule has 18 heavy (non-hydrogen) atoms. The SMILES string of the molecule is C=C(Oc1ccc(C)cc1C)c1ccccc1.N. The van der Waals surface area contributed by atoms with E-state index in [2.05, 4.69) is 19.6 Å². The van der Waals surface area contributed by atoms with Gasteiger partial charge in [-0.3, -0.25) is 0 Å². The van der Waals surface area contributed by atoms with Crippen LogP contribution in [-0.2, 0) is 0 Å². The topological polar surface area (TPSA) is 44.2 Å². The van der Waals surface area contributed by atoms with E-state index in [0.717, 1.165) is 16.9 Å². The van der Waals surface area contributed by atoms with E-state index < -0.39 is 0 Å². The van der Waals surface area contributed by atoms with Crippen LogP contribution in [0.25, 0.3) is 5.76 Å². The van der Waals surface area contributed by atoms with Crippen molar-refractivity contribution in [2.75, 3.05) is 0 Å². The normalized spacial score (nSPS) is 9.44. The molecule has 0 amide bonds. The highest BCUT2D eigenvalue weighted by Gasteiger charge is 2.04. The van der Waals surface area contributed by atoms with E-state index in [1.807, 2.05) is 49.4 Å². The van der Waals surface area contributed by atoms with Crippen molar-refractivity contribution in [2.45, 2.75) is 13.8 Å². The van der Waals surface area contributed by atoms with Crippen molar-refractivity contribution in [3.05, 3.63) is 71.8 Å². The lowest BCUT2D eigenvalue weighted by Crippen LogP contribution is -1.95. The fourth-order valence-corrected chi connectivity index (χ4v) is 1.73. The molecule has 0 atom stereocenters. The molecule has 0 unspecified atom stereocenters. The predicted octanol–water partition coefficient (Wildman–Crippen LogP) is 4.52. The smallest absolute Gasteiger partial charge is 0.130 e. The third kappa shape index (κ3) is 3.22. The molecule has 0 aliphatic carbocycles. The van der Waals surface area contributed by atoms with Crippen LogP contribution in [0.5, 0.6) is 5.75 Å². The van der Waals surface area contributed by atoms with Gasteiger partial charge < -0.3 is 10.9 Å². The number of hydrogen-bond donors (Lipinski definition) is 1. The van der Waals surface area contributed by atoms with Crippen molar-refractivity contribution in [2.24, 2.45) is 0 Å². The van der Waals surface area contributed by atoms with Crippen molar-refractivity contribution in [3.8, 4) is 5.75 Å². The van der Waals surface area contributed by atoms with Gasteiger partial charge in [0.05, 0.1) is 0 Å². The van der Waals surface area contributed by atoms with Crippen LogP contribution in [0, 0.1) is 13.8 Å². The molecule has 0 aromatic heterocycles. The maximum Gasteiger partial charge on any atom is 0.130 e. The first kappa shape index (κ1) is 14.0. The zero-order valence-corrected chi connectivity index (χ0v) is 10.9. The molecule has 0 fully saturated rings. The van der Waals surface area contributed by atoms with Gasteiger partial charge in [0, 0.05) is 5.56 Å². The van der Waals surface area contributed by atoms with Gasteiger partial charge in [-0.2, -0.15) is 0 Å². The van der Waals surface area contributed by atoms with E-state index in [1.165, 1.54) is 5.56 Å². The molecule has 2 rings (SSSR count). The molecule has 2 aromatic rings. The number of rotatable bonds is 3. The van der Waals surface area contributed by atoms with Gasteiger partial charge in [0.15, 0.2) is 0 Å². The summed E-state index contributed by atoms with van der Waals surface area (Å²) in [7, 11) is 0. The molecule has 2 aromatic carbocycles. The maximum absolute atomic E-state index is 5.79. The molecule has 0 heterocycles. The standard InChI is InChI=1S/C16H16O.H3N/c1-12-9-10-16(13(2)11-12)17-14(3)15-7-5-4-6-8-15;/h4-11H,3H2,1-2H3;1H3. The second-order valence-electron chi connectivity index (χ2n) is 4.16. The van der Waals surface area contributed by atoms with Crippen LogP contribution in [0.15, 0.2) is 55.1 Å². The number of hydrogen-bond acceptors (Lipinski definition) is 2. The van der Waals surface area contributed by atoms with Crippen molar-refractivity contribution in [1.29, 1.82) is 0 Å². The monoisotopic (exact) mass is 241 g/mol. The summed E-state index contributed by atoms with van der Waals surface area (Å²) in [6, 6.07) is 16.1. The Morgan fingerprint density at radius 3 is 2.28 bits per heavy atom. The summed E-state index contributed by atoms with van der Waals surface area (Å²) in [5.74, 6) is 1.54. The lowest BCUT2D eigenvalue weighted by atomic mass is 10.1. The van der Waals surface area contributed by atoms with E-state index in [-0.39, 0.29) is 6.15 Å². The summed E-state index contributed by atoms with van der Waals surface area (Å²) >= 11 is 0. The van der Waals surface area contributed by atoms with Crippen LogP contribution in [0.3, 0.4) is 0 Å². The summed E-state index contributed by atoms with van der Waals surface area (Å²) in [4.78, 5) is 0. The van der Waals surface area contributed by atoms with E-state index in [9.17, 15) is 0 Å². The van der Waals surface area contributed by atoms with Crippen LogP contribution in [0.2, 0.25) is 0 Å². The Morgan fingerprint density at radius 1 is 1.00 bits per heavy atom. The Hall–Kier alpha value is -2.06. The largest absolute Gasteiger partial charge is 0.457 e. The Labute approximate surface area is 109 Å². The van der Waals surface area contributed by atoms with Crippen molar-refractivity contribution < 1.29 is 4.74 Å². The number of aryl methyl sites for hydroxylation is 2. The molecule has 2 heteroatoms. The zero-order chi connectivity index (χ0) is 12.3. The highest BCUT2D eigenvalue weighted by molar-refractivity contribution is 5.60. The van der Waals surface area contributed by atoms with Gasteiger partial charge in [-0.15, -0.1) is 0 Å². The highest BCUT2D eigenvalue weighted by Crippen LogP contribution is 2.24. The second-order valence-corrected chi connectivity index (χ2v) is 4.16. The summed E-state index contributed by atoms with van der Waals surface area (Å²) < 4.78 is 5.79. The highest BCUT2D eigenvalue weighted by atomic mass is 16.5. The van der Waals surface area contributed by atoms with Crippen LogP contribution >= 0.6 is 0 Å². The average Bonchev–Trinajstić information content (AvgIpc) is 2.34. The van der Waals surface area contributed by atoms with Crippen LogP contribution in [0.1, 0.15) is 16.7 Å². The van der Waals surface area contributed by atoms with E-state index in [1.54, 1.807) is 0 Å². The van der Waals surface area contributed by atoms with Gasteiger partial charge in [0.25, 0.3) is 0 Å². The maximum atomic E-state index is 5.79. The minimum absolute atomic E-state index is 0. The lowest BCUT2D eigenvalue weighted by molar-refractivity contribution is 0.512. The molecule has 0 aliphatic rings. The molecule has 0 radical (unpaired) electrons. The molecule has 0 saturated heterocycles. The van der Waals surface area contributed by atoms with Gasteiger partial charge in [0.2, 0.25) is 0 Å². The molecular weight excluding hydrogens is 222 g/mol. The van der Waals surface area contributed by atoms with Gasteiger partial charge in [-0.1, -0.05) is 54.6 Å². The van der Waals surface area contributed by atoms with Gasteiger partial charge in [-0.25, -0.2) is 0 Å². The van der Waals surface area contributed by atoms with Crippen LogP contribution in [0.4, 0.5) is 0 Å².